The molecule has 2 heterocycles. The van der Waals surface area contributed by atoms with Crippen molar-refractivity contribution in [1.29, 1.82) is 0 Å². The fourth-order valence-electron chi connectivity index (χ4n) is 1.93. The maximum absolute atomic E-state index is 10.2. The largest absolute Gasteiger partial charge is 0.388 e. The van der Waals surface area contributed by atoms with Crippen molar-refractivity contribution >= 4 is 0 Å². The molecule has 15 heavy (non-hydrogen) atoms. The molecule has 1 saturated heterocycles. The first kappa shape index (κ1) is 10.5. The zero-order valence-electron chi connectivity index (χ0n) is 9.10. The Kier molecular flexibility index (Phi) is 2.98. The molecule has 0 saturated carbocycles. The van der Waals surface area contributed by atoms with Crippen LogP contribution in [0.4, 0.5) is 0 Å². The molecule has 1 N–H and O–H groups in total. The van der Waals surface area contributed by atoms with E-state index in [9.17, 15) is 5.11 Å². The number of ether oxygens (including phenoxy) is 1. The SMILES string of the molecule is Cc1cc(C(O)C2CCOC2)c(C)nn1. The molecule has 0 aromatic carbocycles. The van der Waals surface area contributed by atoms with E-state index in [1.165, 1.54) is 0 Å². The predicted octanol–water partition coefficient (Wildman–Crippen LogP) is 1.16. The summed E-state index contributed by atoms with van der Waals surface area (Å²) in [4.78, 5) is 0. The van der Waals surface area contributed by atoms with Crippen LogP contribution in [0.2, 0.25) is 0 Å². The summed E-state index contributed by atoms with van der Waals surface area (Å²) >= 11 is 0. The third kappa shape index (κ3) is 2.16. The number of rotatable bonds is 2. The molecule has 1 fully saturated rings. The normalized spacial score (nSPS) is 23.0. The Morgan fingerprint density at radius 1 is 1.47 bits per heavy atom. The molecule has 4 nitrogen and oxygen atoms in total. The van der Waals surface area contributed by atoms with Crippen LogP contribution in [0.25, 0.3) is 0 Å². The van der Waals surface area contributed by atoms with Gasteiger partial charge < -0.3 is 9.84 Å². The second-order valence-electron chi connectivity index (χ2n) is 4.09. The highest BCUT2D eigenvalue weighted by atomic mass is 16.5. The molecule has 2 atom stereocenters. The highest BCUT2D eigenvalue weighted by Crippen LogP contribution is 2.29. The van der Waals surface area contributed by atoms with Gasteiger partial charge in [-0.3, -0.25) is 0 Å². The summed E-state index contributed by atoms with van der Waals surface area (Å²) in [6, 6.07) is 1.91. The lowest BCUT2D eigenvalue weighted by molar-refractivity contribution is 0.0908. The molecule has 1 aromatic rings. The number of nitrogens with zero attached hydrogens (tertiary/aromatic N) is 2. The molecule has 0 amide bonds. The van der Waals surface area contributed by atoms with Crippen molar-refractivity contribution in [1.82, 2.24) is 10.2 Å². The summed E-state index contributed by atoms with van der Waals surface area (Å²) in [5.41, 5.74) is 2.53. The number of aliphatic hydroxyl groups is 1. The summed E-state index contributed by atoms with van der Waals surface area (Å²) in [5.74, 6) is 0.201. The third-order valence-corrected chi connectivity index (χ3v) is 2.87. The van der Waals surface area contributed by atoms with Gasteiger partial charge in [0.05, 0.1) is 24.1 Å². The minimum absolute atomic E-state index is 0.201. The van der Waals surface area contributed by atoms with Gasteiger partial charge in [0.2, 0.25) is 0 Å². The van der Waals surface area contributed by atoms with Gasteiger partial charge in [0.15, 0.2) is 0 Å². The number of hydrogen-bond donors (Lipinski definition) is 1. The fraction of sp³-hybridized carbons (Fsp3) is 0.636. The van der Waals surface area contributed by atoms with E-state index in [1.807, 2.05) is 19.9 Å². The van der Waals surface area contributed by atoms with Crippen LogP contribution in [-0.2, 0) is 4.74 Å². The Morgan fingerprint density at radius 3 is 2.93 bits per heavy atom. The standard InChI is InChI=1S/C11H16N2O2/c1-7-5-10(8(2)13-12-7)11(14)9-3-4-15-6-9/h5,9,11,14H,3-4,6H2,1-2H3. The molecule has 4 heteroatoms. The Hall–Kier alpha value is -1.00. The maximum atomic E-state index is 10.2. The van der Waals surface area contributed by atoms with Crippen LogP contribution < -0.4 is 0 Å². The quantitative estimate of drug-likeness (QED) is 0.792. The molecular weight excluding hydrogens is 192 g/mol. The zero-order valence-corrected chi connectivity index (χ0v) is 9.10. The zero-order chi connectivity index (χ0) is 10.8. The molecule has 82 valence electrons. The van der Waals surface area contributed by atoms with Crippen LogP contribution in [0, 0.1) is 19.8 Å². The second kappa shape index (κ2) is 4.24. The van der Waals surface area contributed by atoms with Gasteiger partial charge in [0, 0.05) is 18.1 Å². The summed E-state index contributed by atoms with van der Waals surface area (Å²) in [6.07, 6.45) is 0.448. The van der Waals surface area contributed by atoms with Crippen molar-refractivity contribution in [2.24, 2.45) is 5.92 Å². The lowest BCUT2D eigenvalue weighted by Gasteiger charge is -2.18. The van der Waals surface area contributed by atoms with Crippen molar-refractivity contribution in [3.05, 3.63) is 23.0 Å². The van der Waals surface area contributed by atoms with Gasteiger partial charge in [-0.2, -0.15) is 10.2 Å². The number of aliphatic hydroxyl groups excluding tert-OH is 1. The van der Waals surface area contributed by atoms with E-state index in [2.05, 4.69) is 10.2 Å². The highest BCUT2D eigenvalue weighted by molar-refractivity contribution is 5.23. The summed E-state index contributed by atoms with van der Waals surface area (Å²) in [7, 11) is 0. The van der Waals surface area contributed by atoms with Crippen molar-refractivity contribution < 1.29 is 9.84 Å². The Morgan fingerprint density at radius 2 is 2.27 bits per heavy atom. The Balaban J connectivity index is 2.23. The smallest absolute Gasteiger partial charge is 0.0859 e. The van der Waals surface area contributed by atoms with Crippen molar-refractivity contribution in [3.8, 4) is 0 Å². The van der Waals surface area contributed by atoms with Crippen molar-refractivity contribution in [3.63, 3.8) is 0 Å². The van der Waals surface area contributed by atoms with Crippen molar-refractivity contribution in [2.45, 2.75) is 26.4 Å². The lowest BCUT2D eigenvalue weighted by atomic mass is 9.94. The van der Waals surface area contributed by atoms with Crippen LogP contribution in [0.15, 0.2) is 6.07 Å². The molecule has 0 bridgehead atoms. The number of hydrogen-bond acceptors (Lipinski definition) is 4. The van der Waals surface area contributed by atoms with E-state index in [-0.39, 0.29) is 5.92 Å². The molecule has 2 rings (SSSR count). The van der Waals surface area contributed by atoms with Crippen molar-refractivity contribution in [2.75, 3.05) is 13.2 Å². The first-order chi connectivity index (χ1) is 7.18. The van der Waals surface area contributed by atoms with Gasteiger partial charge in [-0.15, -0.1) is 0 Å². The summed E-state index contributed by atoms with van der Waals surface area (Å²) < 4.78 is 5.27. The van der Waals surface area contributed by atoms with E-state index >= 15 is 0 Å². The fourth-order valence-corrected chi connectivity index (χ4v) is 1.93. The highest BCUT2D eigenvalue weighted by Gasteiger charge is 2.26. The van der Waals surface area contributed by atoms with Crippen LogP contribution in [0.5, 0.6) is 0 Å². The lowest BCUT2D eigenvalue weighted by Crippen LogP contribution is -2.15. The topological polar surface area (TPSA) is 55.2 Å². The monoisotopic (exact) mass is 208 g/mol. The van der Waals surface area contributed by atoms with E-state index in [0.29, 0.717) is 6.61 Å². The minimum Gasteiger partial charge on any atom is -0.388 e. The molecule has 2 unspecified atom stereocenters. The minimum atomic E-state index is -0.471. The molecule has 1 aliphatic heterocycles. The van der Waals surface area contributed by atoms with Crippen LogP contribution in [0.3, 0.4) is 0 Å². The molecule has 0 radical (unpaired) electrons. The van der Waals surface area contributed by atoms with Gasteiger partial charge in [0.1, 0.15) is 0 Å². The van der Waals surface area contributed by atoms with Gasteiger partial charge in [-0.05, 0) is 26.3 Å². The third-order valence-electron chi connectivity index (χ3n) is 2.87. The average molecular weight is 208 g/mol. The average Bonchev–Trinajstić information content (AvgIpc) is 2.74. The summed E-state index contributed by atoms with van der Waals surface area (Å²) in [6.45, 7) is 5.15. The van der Waals surface area contributed by atoms with Gasteiger partial charge in [-0.1, -0.05) is 0 Å². The molecule has 0 aliphatic carbocycles. The van der Waals surface area contributed by atoms with E-state index < -0.39 is 6.10 Å². The first-order valence-corrected chi connectivity index (χ1v) is 5.25. The predicted molar refractivity (Wildman–Crippen MR) is 55.4 cm³/mol. The number of aryl methyl sites for hydroxylation is 2. The van der Waals surface area contributed by atoms with Gasteiger partial charge >= 0.3 is 0 Å². The van der Waals surface area contributed by atoms with Crippen LogP contribution in [-0.4, -0.2) is 28.5 Å². The Labute approximate surface area is 89.3 Å². The van der Waals surface area contributed by atoms with E-state index in [0.717, 1.165) is 30.0 Å². The molecule has 0 spiro atoms. The first-order valence-electron chi connectivity index (χ1n) is 5.25. The Bertz CT molecular complexity index is 348. The van der Waals surface area contributed by atoms with Gasteiger partial charge in [0.25, 0.3) is 0 Å². The maximum Gasteiger partial charge on any atom is 0.0859 e. The van der Waals surface area contributed by atoms with E-state index in [1.54, 1.807) is 0 Å². The van der Waals surface area contributed by atoms with E-state index in [4.69, 9.17) is 4.74 Å². The molecule has 1 aromatic heterocycles. The van der Waals surface area contributed by atoms with Gasteiger partial charge in [-0.25, -0.2) is 0 Å². The molecule has 1 aliphatic rings. The second-order valence-corrected chi connectivity index (χ2v) is 4.09. The van der Waals surface area contributed by atoms with Crippen LogP contribution in [0.1, 0.15) is 29.5 Å². The van der Waals surface area contributed by atoms with Crippen LogP contribution >= 0.6 is 0 Å². The molecular formula is C11H16N2O2. The number of aromatic nitrogens is 2. The summed E-state index contributed by atoms with van der Waals surface area (Å²) in [5, 5.41) is 18.2.